The fourth-order valence-electron chi connectivity index (χ4n) is 3.69. The van der Waals surface area contributed by atoms with E-state index in [4.69, 9.17) is 4.74 Å². The SMILES string of the molecule is COc1ccc(-c2cc(C(F)(F)F)n3nc(C(=O)Nc4ccn(Cc5ccccc5F)n4)cc3n2)cc1. The minimum absolute atomic E-state index is 0.0567. The summed E-state index contributed by atoms with van der Waals surface area (Å²) in [5, 5.41) is 10.5. The van der Waals surface area contributed by atoms with Gasteiger partial charge in [0.1, 0.15) is 11.6 Å². The van der Waals surface area contributed by atoms with Crippen molar-refractivity contribution in [2.24, 2.45) is 0 Å². The zero-order valence-electron chi connectivity index (χ0n) is 19.2. The van der Waals surface area contributed by atoms with Crippen molar-refractivity contribution < 1.29 is 27.1 Å². The average molecular weight is 510 g/mol. The van der Waals surface area contributed by atoms with Crippen LogP contribution in [-0.4, -0.2) is 37.4 Å². The highest BCUT2D eigenvalue weighted by molar-refractivity contribution is 6.03. The lowest BCUT2D eigenvalue weighted by Crippen LogP contribution is -2.16. The fraction of sp³-hybridized carbons (Fsp3) is 0.120. The number of rotatable bonds is 6. The van der Waals surface area contributed by atoms with Crippen molar-refractivity contribution in [3.8, 4) is 17.0 Å². The Morgan fingerprint density at radius 3 is 2.49 bits per heavy atom. The number of carbonyl (C=O) groups is 1. The third-order valence-corrected chi connectivity index (χ3v) is 5.51. The third kappa shape index (κ3) is 4.99. The normalized spacial score (nSPS) is 11.6. The highest BCUT2D eigenvalue weighted by Crippen LogP contribution is 2.32. The zero-order valence-corrected chi connectivity index (χ0v) is 19.2. The number of hydrogen-bond acceptors (Lipinski definition) is 5. The maximum atomic E-state index is 13.9. The van der Waals surface area contributed by atoms with Crippen LogP contribution in [0.4, 0.5) is 23.4 Å². The maximum absolute atomic E-state index is 13.9. The van der Waals surface area contributed by atoms with Crippen LogP contribution in [0.3, 0.4) is 0 Å². The predicted molar refractivity (Wildman–Crippen MR) is 126 cm³/mol. The Hall–Kier alpha value is -4.74. The van der Waals surface area contributed by atoms with Crippen molar-refractivity contribution in [3.05, 3.63) is 95.7 Å². The van der Waals surface area contributed by atoms with Crippen molar-refractivity contribution in [1.82, 2.24) is 24.4 Å². The van der Waals surface area contributed by atoms with Crippen molar-refractivity contribution in [2.75, 3.05) is 12.4 Å². The summed E-state index contributed by atoms with van der Waals surface area (Å²) in [7, 11) is 1.48. The van der Waals surface area contributed by atoms with Crippen LogP contribution in [0.25, 0.3) is 16.9 Å². The number of alkyl halides is 3. The molecule has 0 fully saturated rings. The second-order valence-corrected chi connectivity index (χ2v) is 8.00. The Morgan fingerprint density at radius 1 is 1.03 bits per heavy atom. The molecule has 8 nitrogen and oxygen atoms in total. The van der Waals surface area contributed by atoms with Gasteiger partial charge in [0.2, 0.25) is 0 Å². The van der Waals surface area contributed by atoms with E-state index in [9.17, 15) is 22.4 Å². The Labute approximate surface area is 207 Å². The molecular formula is C25H18F4N6O2. The molecule has 188 valence electrons. The van der Waals surface area contributed by atoms with Crippen LogP contribution in [0.2, 0.25) is 0 Å². The minimum Gasteiger partial charge on any atom is -0.497 e. The van der Waals surface area contributed by atoms with E-state index in [1.54, 1.807) is 42.5 Å². The molecule has 0 saturated carbocycles. The number of hydrogen-bond donors (Lipinski definition) is 1. The summed E-state index contributed by atoms with van der Waals surface area (Å²) in [6.45, 7) is 0.129. The number of aromatic nitrogens is 5. The first-order valence-electron chi connectivity index (χ1n) is 10.9. The van der Waals surface area contributed by atoms with E-state index in [0.29, 0.717) is 21.4 Å². The van der Waals surface area contributed by atoms with E-state index in [2.05, 4.69) is 20.5 Å². The van der Waals surface area contributed by atoms with Crippen LogP contribution >= 0.6 is 0 Å². The first-order valence-corrected chi connectivity index (χ1v) is 10.9. The van der Waals surface area contributed by atoms with Crippen LogP contribution < -0.4 is 10.1 Å². The van der Waals surface area contributed by atoms with Crippen LogP contribution in [-0.2, 0) is 12.7 Å². The van der Waals surface area contributed by atoms with E-state index < -0.39 is 23.6 Å². The van der Waals surface area contributed by atoms with Crippen molar-refractivity contribution >= 4 is 17.4 Å². The molecule has 5 rings (SSSR count). The Kier molecular flexibility index (Phi) is 6.07. The Morgan fingerprint density at radius 2 is 1.78 bits per heavy atom. The number of amides is 1. The summed E-state index contributed by atoms with van der Waals surface area (Å²) < 4.78 is 62.5. The standard InChI is InChI=1S/C25H18F4N6O2/c1-37-17-8-6-15(7-9-17)19-12-21(25(27,28)29)35-23(30-19)13-20(32-35)24(36)31-22-10-11-34(33-22)14-16-4-2-3-5-18(16)26/h2-13H,14H2,1H3,(H,31,33,36). The molecule has 0 aliphatic heterocycles. The molecule has 5 aromatic rings. The molecule has 0 atom stereocenters. The van der Waals surface area contributed by atoms with Gasteiger partial charge in [-0.15, -0.1) is 0 Å². The molecule has 1 N–H and O–H groups in total. The van der Waals surface area contributed by atoms with Gasteiger partial charge in [0.05, 0.1) is 19.3 Å². The summed E-state index contributed by atoms with van der Waals surface area (Å²) in [6.07, 6.45) is -3.22. The van der Waals surface area contributed by atoms with Crippen LogP contribution in [0.1, 0.15) is 21.7 Å². The Bertz CT molecular complexity index is 1590. The van der Waals surface area contributed by atoms with Crippen molar-refractivity contribution in [3.63, 3.8) is 0 Å². The molecule has 2 aromatic carbocycles. The molecule has 0 aliphatic carbocycles. The van der Waals surface area contributed by atoms with Crippen LogP contribution in [0.5, 0.6) is 5.75 Å². The molecule has 0 radical (unpaired) electrons. The van der Waals surface area contributed by atoms with Gasteiger partial charge in [-0.05, 0) is 36.4 Å². The number of carbonyl (C=O) groups excluding carboxylic acids is 1. The lowest BCUT2D eigenvalue weighted by molar-refractivity contribution is -0.142. The van der Waals surface area contributed by atoms with Gasteiger partial charge < -0.3 is 10.1 Å². The van der Waals surface area contributed by atoms with Gasteiger partial charge in [-0.2, -0.15) is 23.4 Å². The molecule has 0 unspecified atom stereocenters. The maximum Gasteiger partial charge on any atom is 0.433 e. The quantitative estimate of drug-likeness (QED) is 0.323. The second kappa shape index (κ2) is 9.37. The summed E-state index contributed by atoms with van der Waals surface area (Å²) in [6, 6.07) is 16.1. The van der Waals surface area contributed by atoms with Gasteiger partial charge in [0, 0.05) is 29.5 Å². The molecule has 0 aliphatic rings. The lowest BCUT2D eigenvalue weighted by Gasteiger charge is -2.11. The summed E-state index contributed by atoms with van der Waals surface area (Å²) in [4.78, 5) is 17.0. The molecular weight excluding hydrogens is 492 g/mol. The second-order valence-electron chi connectivity index (χ2n) is 8.00. The molecule has 12 heteroatoms. The van der Waals surface area contributed by atoms with E-state index in [-0.39, 0.29) is 29.4 Å². The summed E-state index contributed by atoms with van der Waals surface area (Å²) >= 11 is 0. The molecule has 3 heterocycles. The average Bonchev–Trinajstić information content (AvgIpc) is 3.51. The third-order valence-electron chi connectivity index (χ3n) is 5.51. The van der Waals surface area contributed by atoms with E-state index in [1.807, 2.05) is 0 Å². The molecule has 0 spiro atoms. The molecule has 0 bridgehead atoms. The number of nitrogens with zero attached hydrogens (tertiary/aromatic N) is 5. The number of nitrogens with one attached hydrogen (secondary N) is 1. The van der Waals surface area contributed by atoms with Gasteiger partial charge >= 0.3 is 6.18 Å². The summed E-state index contributed by atoms with van der Waals surface area (Å²) in [5.41, 5.74) is -0.634. The number of halogens is 4. The first-order chi connectivity index (χ1) is 17.7. The smallest absolute Gasteiger partial charge is 0.433 e. The van der Waals surface area contributed by atoms with Crippen LogP contribution in [0.15, 0.2) is 72.9 Å². The lowest BCUT2D eigenvalue weighted by atomic mass is 10.1. The van der Waals surface area contributed by atoms with Gasteiger partial charge in [0.15, 0.2) is 22.9 Å². The highest BCUT2D eigenvalue weighted by atomic mass is 19.4. The van der Waals surface area contributed by atoms with Crippen LogP contribution in [0, 0.1) is 5.82 Å². The highest BCUT2D eigenvalue weighted by Gasteiger charge is 2.35. The molecule has 37 heavy (non-hydrogen) atoms. The van der Waals surface area contributed by atoms with Crippen molar-refractivity contribution in [2.45, 2.75) is 12.7 Å². The Balaban J connectivity index is 1.42. The monoisotopic (exact) mass is 510 g/mol. The first kappa shape index (κ1) is 24.0. The van der Waals surface area contributed by atoms with E-state index in [1.165, 1.54) is 30.1 Å². The topological polar surface area (TPSA) is 86.3 Å². The number of anilines is 1. The van der Waals surface area contributed by atoms with Gasteiger partial charge in [-0.25, -0.2) is 13.9 Å². The molecule has 0 saturated heterocycles. The number of methoxy groups -OCH3 is 1. The number of fused-ring (bicyclic) bond motifs is 1. The van der Waals surface area contributed by atoms with Crippen molar-refractivity contribution in [1.29, 1.82) is 0 Å². The zero-order chi connectivity index (χ0) is 26.2. The molecule has 3 aromatic heterocycles. The van der Waals surface area contributed by atoms with Gasteiger partial charge in [-0.1, -0.05) is 18.2 Å². The van der Waals surface area contributed by atoms with Gasteiger partial charge in [0.25, 0.3) is 5.91 Å². The van der Waals surface area contributed by atoms with Gasteiger partial charge in [-0.3, -0.25) is 9.48 Å². The van der Waals surface area contributed by atoms with E-state index in [0.717, 1.165) is 12.1 Å². The summed E-state index contributed by atoms with van der Waals surface area (Å²) in [5.74, 6) is -0.502. The number of benzene rings is 2. The largest absolute Gasteiger partial charge is 0.497 e. The predicted octanol–water partition coefficient (Wildman–Crippen LogP) is 5.06. The fourth-order valence-corrected chi connectivity index (χ4v) is 3.69. The van der Waals surface area contributed by atoms with E-state index >= 15 is 0 Å². The molecule has 1 amide bonds. The minimum atomic E-state index is -4.76. The number of ether oxygens (including phenoxy) is 1.